The van der Waals surface area contributed by atoms with Gasteiger partial charge in [-0.1, -0.05) is 0 Å². The summed E-state index contributed by atoms with van der Waals surface area (Å²) < 4.78 is 5.16. The lowest BCUT2D eigenvalue weighted by molar-refractivity contribution is -0.152. The molecule has 0 radical (unpaired) electrons. The van der Waals surface area contributed by atoms with Crippen molar-refractivity contribution < 1.29 is 9.53 Å². The topological polar surface area (TPSA) is 45.1 Å². The van der Waals surface area contributed by atoms with Gasteiger partial charge in [0, 0.05) is 28.2 Å². The Labute approximate surface area is 121 Å². The SMILES string of the molecule is CN(C)C(=NCC(=O)OC(C)(C)C)N(C)C.I. The van der Waals surface area contributed by atoms with E-state index in [4.69, 9.17) is 4.74 Å². The third kappa shape index (κ3) is 9.20. The number of halogens is 1. The molecule has 17 heavy (non-hydrogen) atoms. The Hall–Kier alpha value is -0.530. The summed E-state index contributed by atoms with van der Waals surface area (Å²) in [5.41, 5.74) is -0.455. The van der Waals surface area contributed by atoms with E-state index in [1.165, 1.54) is 0 Å². The predicted octanol–water partition coefficient (Wildman–Crippen LogP) is 1.43. The summed E-state index contributed by atoms with van der Waals surface area (Å²) in [5, 5.41) is 0. The molecule has 5 nitrogen and oxygen atoms in total. The normalized spacial score (nSPS) is 10.1. The highest BCUT2D eigenvalue weighted by atomic mass is 127. The molecule has 0 amide bonds. The monoisotopic (exact) mass is 357 g/mol. The number of nitrogens with zero attached hydrogens (tertiary/aromatic N) is 3. The molecule has 0 atom stereocenters. The molecule has 0 aromatic rings. The summed E-state index contributed by atoms with van der Waals surface area (Å²) in [6.07, 6.45) is 0. The quantitative estimate of drug-likeness (QED) is 0.325. The second-order valence-electron chi connectivity index (χ2n) is 4.99. The van der Waals surface area contributed by atoms with E-state index in [2.05, 4.69) is 4.99 Å². The Morgan fingerprint density at radius 1 is 1.12 bits per heavy atom. The van der Waals surface area contributed by atoms with E-state index < -0.39 is 5.60 Å². The molecule has 0 unspecified atom stereocenters. The molecule has 0 saturated carbocycles. The first kappa shape index (κ1) is 18.8. The van der Waals surface area contributed by atoms with E-state index in [0.717, 1.165) is 5.96 Å². The van der Waals surface area contributed by atoms with Crippen LogP contribution in [0.5, 0.6) is 0 Å². The molecule has 0 saturated heterocycles. The number of hydrogen-bond acceptors (Lipinski definition) is 3. The van der Waals surface area contributed by atoms with E-state index in [0.29, 0.717) is 0 Å². The molecule has 0 spiro atoms. The molecular formula is C11H24IN3O2. The van der Waals surface area contributed by atoms with Gasteiger partial charge in [0.15, 0.2) is 5.96 Å². The maximum Gasteiger partial charge on any atom is 0.328 e. The number of rotatable bonds is 2. The lowest BCUT2D eigenvalue weighted by Gasteiger charge is -2.23. The molecule has 0 aromatic heterocycles. The van der Waals surface area contributed by atoms with Crippen molar-refractivity contribution in [2.45, 2.75) is 26.4 Å². The molecule has 0 rings (SSSR count). The van der Waals surface area contributed by atoms with Crippen molar-refractivity contribution >= 4 is 35.9 Å². The first-order valence-electron chi connectivity index (χ1n) is 5.24. The van der Waals surface area contributed by atoms with Gasteiger partial charge in [0.1, 0.15) is 12.1 Å². The molecule has 0 fully saturated rings. The minimum Gasteiger partial charge on any atom is -0.459 e. The lowest BCUT2D eigenvalue weighted by Crippen LogP contribution is -2.36. The second-order valence-corrected chi connectivity index (χ2v) is 4.99. The number of guanidine groups is 1. The van der Waals surface area contributed by atoms with Crippen LogP contribution >= 0.6 is 24.0 Å². The van der Waals surface area contributed by atoms with Gasteiger partial charge in [0.2, 0.25) is 0 Å². The van der Waals surface area contributed by atoms with Gasteiger partial charge in [0.05, 0.1) is 0 Å². The Bertz CT molecular complexity index is 260. The number of ether oxygens (including phenoxy) is 1. The van der Waals surface area contributed by atoms with E-state index in [-0.39, 0.29) is 36.5 Å². The highest BCUT2D eigenvalue weighted by Gasteiger charge is 2.16. The number of aliphatic imine (C=N–C) groups is 1. The van der Waals surface area contributed by atoms with Crippen LogP contribution in [0.1, 0.15) is 20.8 Å². The first-order valence-corrected chi connectivity index (χ1v) is 5.24. The summed E-state index contributed by atoms with van der Waals surface area (Å²) in [4.78, 5) is 19.3. The van der Waals surface area contributed by atoms with E-state index in [1.807, 2.05) is 58.8 Å². The zero-order chi connectivity index (χ0) is 12.9. The first-order chi connectivity index (χ1) is 7.13. The van der Waals surface area contributed by atoms with Crippen LogP contribution in [0, 0.1) is 0 Å². The third-order valence-electron chi connectivity index (χ3n) is 1.57. The van der Waals surface area contributed by atoms with E-state index in [9.17, 15) is 4.79 Å². The Morgan fingerprint density at radius 3 is 1.82 bits per heavy atom. The third-order valence-corrected chi connectivity index (χ3v) is 1.57. The molecule has 0 aliphatic carbocycles. The van der Waals surface area contributed by atoms with Gasteiger partial charge in [-0.05, 0) is 20.8 Å². The van der Waals surface area contributed by atoms with Crippen molar-refractivity contribution in [3.63, 3.8) is 0 Å². The van der Waals surface area contributed by atoms with Crippen molar-refractivity contribution in [3.8, 4) is 0 Å². The molecule has 0 N–H and O–H groups in total. The Balaban J connectivity index is 0. The average molecular weight is 357 g/mol. The fraction of sp³-hybridized carbons (Fsp3) is 0.818. The van der Waals surface area contributed by atoms with Crippen molar-refractivity contribution in [1.82, 2.24) is 9.80 Å². The van der Waals surface area contributed by atoms with Gasteiger partial charge in [0.25, 0.3) is 0 Å². The van der Waals surface area contributed by atoms with Crippen LogP contribution < -0.4 is 0 Å². The van der Waals surface area contributed by atoms with Gasteiger partial charge in [-0.15, -0.1) is 24.0 Å². The van der Waals surface area contributed by atoms with Crippen LogP contribution in [0.15, 0.2) is 4.99 Å². The molecule has 0 aliphatic heterocycles. The van der Waals surface area contributed by atoms with Gasteiger partial charge in [-0.2, -0.15) is 0 Å². The molecule has 0 bridgehead atoms. The standard InChI is InChI=1S/C11H23N3O2.HI/c1-11(2,3)16-9(15)8-12-10(13(4)5)14(6)7;/h8H2,1-7H3;1H. The summed E-state index contributed by atoms with van der Waals surface area (Å²) in [6.45, 7) is 5.57. The van der Waals surface area contributed by atoms with Crippen LogP contribution in [-0.4, -0.2) is 62.1 Å². The van der Waals surface area contributed by atoms with Crippen LogP contribution in [-0.2, 0) is 9.53 Å². The number of carbonyl (C=O) groups excluding carboxylic acids is 1. The smallest absolute Gasteiger partial charge is 0.328 e. The zero-order valence-corrected chi connectivity index (χ0v) is 14.1. The van der Waals surface area contributed by atoms with Crippen molar-refractivity contribution in [1.29, 1.82) is 0 Å². The van der Waals surface area contributed by atoms with Crippen LogP contribution in [0.25, 0.3) is 0 Å². The fourth-order valence-electron chi connectivity index (χ4n) is 1.19. The van der Waals surface area contributed by atoms with Gasteiger partial charge >= 0.3 is 5.97 Å². The maximum atomic E-state index is 11.4. The minimum absolute atomic E-state index is 0. The highest BCUT2D eigenvalue weighted by Crippen LogP contribution is 2.06. The van der Waals surface area contributed by atoms with Crippen LogP contribution in [0.2, 0.25) is 0 Å². The summed E-state index contributed by atoms with van der Waals surface area (Å²) in [5.74, 6) is 0.430. The summed E-state index contributed by atoms with van der Waals surface area (Å²) in [7, 11) is 7.53. The second kappa shape index (κ2) is 7.73. The molecule has 0 heterocycles. The molecule has 6 heteroatoms. The molecular weight excluding hydrogens is 333 g/mol. The predicted molar refractivity (Wildman–Crippen MR) is 80.9 cm³/mol. The lowest BCUT2D eigenvalue weighted by atomic mass is 10.2. The van der Waals surface area contributed by atoms with Crippen molar-refractivity contribution in [2.75, 3.05) is 34.7 Å². The fourth-order valence-corrected chi connectivity index (χ4v) is 1.19. The van der Waals surface area contributed by atoms with Gasteiger partial charge < -0.3 is 14.5 Å². The van der Waals surface area contributed by atoms with Crippen LogP contribution in [0.4, 0.5) is 0 Å². The summed E-state index contributed by atoms with van der Waals surface area (Å²) >= 11 is 0. The molecule has 0 aliphatic rings. The van der Waals surface area contributed by atoms with E-state index in [1.54, 1.807) is 0 Å². The number of hydrogen-bond donors (Lipinski definition) is 0. The zero-order valence-electron chi connectivity index (χ0n) is 11.8. The Morgan fingerprint density at radius 2 is 1.53 bits per heavy atom. The largest absolute Gasteiger partial charge is 0.459 e. The van der Waals surface area contributed by atoms with Crippen molar-refractivity contribution in [3.05, 3.63) is 0 Å². The molecule has 0 aromatic carbocycles. The average Bonchev–Trinajstić information content (AvgIpc) is 1.98. The highest BCUT2D eigenvalue weighted by molar-refractivity contribution is 14.0. The van der Waals surface area contributed by atoms with Crippen LogP contribution in [0.3, 0.4) is 0 Å². The molecule has 102 valence electrons. The Kier molecular flexibility index (Phi) is 8.56. The van der Waals surface area contributed by atoms with Gasteiger partial charge in [-0.3, -0.25) is 4.79 Å². The van der Waals surface area contributed by atoms with Crippen molar-refractivity contribution in [2.24, 2.45) is 4.99 Å². The maximum absolute atomic E-state index is 11.4. The van der Waals surface area contributed by atoms with E-state index >= 15 is 0 Å². The number of carbonyl (C=O) groups is 1. The number of esters is 1. The summed E-state index contributed by atoms with van der Waals surface area (Å²) in [6, 6.07) is 0. The van der Waals surface area contributed by atoms with Gasteiger partial charge in [-0.25, -0.2) is 4.99 Å². The minimum atomic E-state index is -0.455.